The first kappa shape index (κ1) is 13.0. The van der Waals surface area contributed by atoms with Crippen molar-refractivity contribution in [1.29, 1.82) is 0 Å². The van der Waals surface area contributed by atoms with Crippen molar-refractivity contribution in [3.8, 4) is 0 Å². The van der Waals surface area contributed by atoms with Crippen molar-refractivity contribution in [1.82, 2.24) is 15.1 Å². The van der Waals surface area contributed by atoms with Crippen LogP contribution in [0.5, 0.6) is 0 Å². The van der Waals surface area contributed by atoms with Crippen molar-refractivity contribution < 1.29 is 13.2 Å². The number of nitrogens with one attached hydrogen (secondary N) is 1. The van der Waals surface area contributed by atoms with Crippen LogP contribution in [0, 0.1) is 0 Å². The first-order valence-corrected chi connectivity index (χ1v) is 5.22. The van der Waals surface area contributed by atoms with Crippen LogP contribution in [-0.4, -0.2) is 16.3 Å². The predicted octanol–water partition coefficient (Wildman–Crippen LogP) is 2.59. The van der Waals surface area contributed by atoms with Crippen LogP contribution in [0.3, 0.4) is 0 Å². The van der Waals surface area contributed by atoms with Gasteiger partial charge < -0.3 is 5.32 Å². The zero-order valence-corrected chi connectivity index (χ0v) is 9.60. The summed E-state index contributed by atoms with van der Waals surface area (Å²) in [7, 11) is 0. The Morgan fingerprint density at radius 1 is 1.44 bits per heavy atom. The normalized spacial score (nSPS) is 12.4. The zero-order valence-electron chi connectivity index (χ0n) is 9.60. The zero-order chi connectivity index (χ0) is 12.3. The second-order valence-corrected chi connectivity index (χ2v) is 3.83. The van der Waals surface area contributed by atoms with Crippen LogP contribution in [0.4, 0.5) is 13.2 Å². The maximum absolute atomic E-state index is 12.8. The van der Waals surface area contributed by atoms with E-state index in [1.54, 1.807) is 13.8 Å². The monoisotopic (exact) mass is 235 g/mol. The van der Waals surface area contributed by atoms with Gasteiger partial charge in [0, 0.05) is 18.2 Å². The summed E-state index contributed by atoms with van der Waals surface area (Å²) >= 11 is 0. The van der Waals surface area contributed by atoms with Crippen molar-refractivity contribution in [3.63, 3.8) is 0 Å². The minimum atomic E-state index is -4.36. The first-order valence-electron chi connectivity index (χ1n) is 5.22. The third-order valence-corrected chi connectivity index (χ3v) is 2.19. The quantitative estimate of drug-likeness (QED) is 0.869. The Balaban J connectivity index is 3.10. The van der Waals surface area contributed by atoms with E-state index < -0.39 is 11.9 Å². The molecule has 0 atom stereocenters. The van der Waals surface area contributed by atoms with Crippen LogP contribution in [0.1, 0.15) is 38.1 Å². The van der Waals surface area contributed by atoms with E-state index in [4.69, 9.17) is 0 Å². The van der Waals surface area contributed by atoms with Crippen LogP contribution in [0.15, 0.2) is 6.20 Å². The van der Waals surface area contributed by atoms with Crippen molar-refractivity contribution in [2.24, 2.45) is 0 Å². The molecule has 0 unspecified atom stereocenters. The van der Waals surface area contributed by atoms with E-state index >= 15 is 0 Å². The molecule has 1 aromatic heterocycles. The standard InChI is InChI=1S/C10H16F3N3/c1-4-14-5-8-6-15-16(7(2)3)9(8)10(11,12)13/h6-7,14H,4-5H2,1-3H3. The molecule has 0 spiro atoms. The molecule has 0 aliphatic rings. The van der Waals surface area contributed by atoms with E-state index in [2.05, 4.69) is 10.4 Å². The van der Waals surface area contributed by atoms with Gasteiger partial charge in [-0.15, -0.1) is 0 Å². The largest absolute Gasteiger partial charge is 0.433 e. The number of halogens is 3. The highest BCUT2D eigenvalue weighted by Gasteiger charge is 2.38. The summed E-state index contributed by atoms with van der Waals surface area (Å²) in [5.41, 5.74) is -0.452. The molecule has 0 fully saturated rings. The van der Waals surface area contributed by atoms with Crippen LogP contribution < -0.4 is 5.32 Å². The van der Waals surface area contributed by atoms with Gasteiger partial charge in [-0.2, -0.15) is 18.3 Å². The second kappa shape index (κ2) is 4.86. The molecule has 92 valence electrons. The molecule has 3 nitrogen and oxygen atoms in total. The highest BCUT2D eigenvalue weighted by atomic mass is 19.4. The van der Waals surface area contributed by atoms with Crippen LogP contribution in [0.25, 0.3) is 0 Å². The molecule has 0 bridgehead atoms. The lowest BCUT2D eigenvalue weighted by Crippen LogP contribution is -2.20. The van der Waals surface area contributed by atoms with Gasteiger partial charge in [-0.3, -0.25) is 4.68 Å². The Kier molecular flexibility index (Phi) is 3.96. The average molecular weight is 235 g/mol. The third-order valence-electron chi connectivity index (χ3n) is 2.19. The molecule has 1 heterocycles. The lowest BCUT2D eigenvalue weighted by molar-refractivity contribution is -0.145. The van der Waals surface area contributed by atoms with Crippen molar-refractivity contribution in [2.75, 3.05) is 6.54 Å². The van der Waals surface area contributed by atoms with Gasteiger partial charge in [0.1, 0.15) is 5.69 Å². The van der Waals surface area contributed by atoms with Crippen molar-refractivity contribution >= 4 is 0 Å². The summed E-state index contributed by atoms with van der Waals surface area (Å²) in [6.07, 6.45) is -3.07. The fourth-order valence-electron chi connectivity index (χ4n) is 1.49. The van der Waals surface area contributed by atoms with Gasteiger partial charge in [-0.25, -0.2) is 0 Å². The third kappa shape index (κ3) is 2.75. The van der Waals surface area contributed by atoms with E-state index in [0.29, 0.717) is 6.54 Å². The smallest absolute Gasteiger partial charge is 0.313 e. The van der Waals surface area contributed by atoms with Gasteiger partial charge >= 0.3 is 6.18 Å². The molecule has 0 radical (unpaired) electrons. The van der Waals surface area contributed by atoms with Gasteiger partial charge in [0.25, 0.3) is 0 Å². The SMILES string of the molecule is CCNCc1cnn(C(C)C)c1C(F)(F)F. The molecule has 0 saturated carbocycles. The van der Waals surface area contributed by atoms with Crippen molar-refractivity contribution in [2.45, 2.75) is 39.5 Å². The fourth-order valence-corrected chi connectivity index (χ4v) is 1.49. The molecule has 0 aliphatic heterocycles. The molecule has 1 rings (SSSR count). The molecular formula is C10H16F3N3. The van der Waals surface area contributed by atoms with E-state index in [1.807, 2.05) is 6.92 Å². The molecule has 0 amide bonds. The Labute approximate surface area is 92.6 Å². The lowest BCUT2D eigenvalue weighted by Gasteiger charge is -2.15. The molecule has 0 saturated heterocycles. The summed E-state index contributed by atoms with van der Waals surface area (Å²) in [6.45, 7) is 6.03. The number of hydrogen-bond acceptors (Lipinski definition) is 2. The lowest BCUT2D eigenvalue weighted by atomic mass is 10.2. The topological polar surface area (TPSA) is 29.9 Å². The summed E-state index contributed by atoms with van der Waals surface area (Å²) in [6, 6.07) is -0.299. The van der Waals surface area contributed by atoms with Gasteiger partial charge in [0.05, 0.1) is 6.20 Å². The molecule has 6 heteroatoms. The van der Waals surface area contributed by atoms with Gasteiger partial charge in [-0.05, 0) is 20.4 Å². The molecule has 0 aromatic carbocycles. The average Bonchev–Trinajstić information content (AvgIpc) is 2.57. The number of alkyl halides is 3. The number of nitrogens with zero attached hydrogens (tertiary/aromatic N) is 2. The fraction of sp³-hybridized carbons (Fsp3) is 0.700. The highest BCUT2D eigenvalue weighted by molar-refractivity contribution is 5.21. The Bertz CT molecular complexity index is 342. The Hall–Kier alpha value is -1.04. The molecule has 0 aliphatic carbocycles. The number of rotatable bonds is 4. The van der Waals surface area contributed by atoms with E-state index in [0.717, 1.165) is 4.68 Å². The summed E-state index contributed by atoms with van der Waals surface area (Å²) < 4.78 is 39.5. The molecule has 16 heavy (non-hydrogen) atoms. The van der Waals surface area contributed by atoms with Crippen LogP contribution in [0.2, 0.25) is 0 Å². The molecule has 1 N–H and O–H groups in total. The van der Waals surface area contributed by atoms with Crippen LogP contribution >= 0.6 is 0 Å². The van der Waals surface area contributed by atoms with Gasteiger partial charge in [0.15, 0.2) is 0 Å². The van der Waals surface area contributed by atoms with E-state index in [9.17, 15) is 13.2 Å². The van der Waals surface area contributed by atoms with Gasteiger partial charge in [-0.1, -0.05) is 6.92 Å². The number of aromatic nitrogens is 2. The maximum Gasteiger partial charge on any atom is 0.433 e. The highest BCUT2D eigenvalue weighted by Crippen LogP contribution is 2.33. The second-order valence-electron chi connectivity index (χ2n) is 3.83. The van der Waals surface area contributed by atoms with Crippen LogP contribution in [-0.2, 0) is 12.7 Å². The van der Waals surface area contributed by atoms with E-state index in [1.165, 1.54) is 6.20 Å². The molecule has 1 aromatic rings. The minimum Gasteiger partial charge on any atom is -0.313 e. The number of hydrogen-bond donors (Lipinski definition) is 1. The minimum absolute atomic E-state index is 0.193. The molecular weight excluding hydrogens is 219 g/mol. The Morgan fingerprint density at radius 3 is 2.50 bits per heavy atom. The first-order chi connectivity index (χ1) is 7.38. The summed E-state index contributed by atoms with van der Waals surface area (Å²) in [4.78, 5) is 0. The predicted molar refractivity (Wildman–Crippen MR) is 55.0 cm³/mol. The summed E-state index contributed by atoms with van der Waals surface area (Å²) in [5.74, 6) is 0. The maximum atomic E-state index is 12.8. The van der Waals surface area contributed by atoms with Gasteiger partial charge in [0.2, 0.25) is 0 Å². The van der Waals surface area contributed by atoms with E-state index in [-0.39, 0.29) is 18.2 Å². The van der Waals surface area contributed by atoms with Crippen molar-refractivity contribution in [3.05, 3.63) is 17.5 Å². The Morgan fingerprint density at radius 2 is 2.06 bits per heavy atom. The summed E-state index contributed by atoms with van der Waals surface area (Å²) in [5, 5.41) is 6.67.